The van der Waals surface area contributed by atoms with Gasteiger partial charge in [-0.05, 0) is 38.5 Å². The summed E-state index contributed by atoms with van der Waals surface area (Å²) >= 11 is 0. The Balaban J connectivity index is 2.43. The highest BCUT2D eigenvalue weighted by molar-refractivity contribution is 6.10. The van der Waals surface area contributed by atoms with Crippen molar-refractivity contribution in [2.45, 2.75) is 26.3 Å². The van der Waals surface area contributed by atoms with E-state index in [2.05, 4.69) is 10.7 Å². The number of nitrogens with one attached hydrogen (secondary N) is 2. The number of rotatable bonds is 2. The van der Waals surface area contributed by atoms with Crippen LogP contribution in [0.2, 0.25) is 0 Å². The normalized spacial score (nSPS) is 17.4. The topological polar surface area (TPSA) is 105 Å². The molecule has 1 fully saturated rings. The molecule has 0 spiro atoms. The highest BCUT2D eigenvalue weighted by atomic mass is 16.2. The zero-order chi connectivity index (χ0) is 15.8. The summed E-state index contributed by atoms with van der Waals surface area (Å²) in [5.74, 6) is 4.03. The molecule has 1 aromatic carbocycles. The average Bonchev–Trinajstić information content (AvgIpc) is 2.42. The van der Waals surface area contributed by atoms with Crippen LogP contribution in [-0.2, 0) is 9.59 Å². The molecule has 112 valence electrons. The second-order valence-corrected chi connectivity index (χ2v) is 5.52. The van der Waals surface area contributed by atoms with E-state index in [1.807, 2.05) is 6.92 Å². The summed E-state index contributed by atoms with van der Waals surface area (Å²) in [5, 5.41) is 2.23. The molecule has 7 nitrogen and oxygen atoms in total. The molecule has 7 heteroatoms. The fourth-order valence-electron chi connectivity index (χ4n) is 2.22. The van der Waals surface area contributed by atoms with E-state index in [1.165, 1.54) is 4.90 Å². The molecule has 1 heterocycles. The van der Waals surface area contributed by atoms with Crippen molar-refractivity contribution in [2.24, 2.45) is 5.84 Å². The quantitative estimate of drug-likeness (QED) is 0.409. The number of anilines is 1. The SMILES string of the molecule is Cc1ccc(C(=O)N2CC(=O)NC(=O)C2(C)C)c(NN)c1. The number of nitrogens with two attached hydrogens (primary N) is 1. The second kappa shape index (κ2) is 5.17. The van der Waals surface area contributed by atoms with Gasteiger partial charge in [-0.1, -0.05) is 6.07 Å². The molecule has 1 aromatic rings. The Kier molecular flexibility index (Phi) is 3.69. The molecular weight excluding hydrogens is 272 g/mol. The monoisotopic (exact) mass is 290 g/mol. The van der Waals surface area contributed by atoms with E-state index in [4.69, 9.17) is 5.84 Å². The Morgan fingerprint density at radius 2 is 2.05 bits per heavy atom. The first-order valence-electron chi connectivity index (χ1n) is 6.51. The van der Waals surface area contributed by atoms with Crippen LogP contribution in [0.4, 0.5) is 5.69 Å². The van der Waals surface area contributed by atoms with Crippen LogP contribution in [0.25, 0.3) is 0 Å². The fraction of sp³-hybridized carbons (Fsp3) is 0.357. The first-order chi connectivity index (χ1) is 9.77. The van der Waals surface area contributed by atoms with E-state index in [0.717, 1.165) is 5.56 Å². The Bertz CT molecular complexity index is 625. The van der Waals surface area contributed by atoms with E-state index in [-0.39, 0.29) is 6.54 Å². The zero-order valence-electron chi connectivity index (χ0n) is 12.2. The summed E-state index contributed by atoms with van der Waals surface area (Å²) in [5.41, 5.74) is 3.07. The maximum absolute atomic E-state index is 12.7. The minimum atomic E-state index is -1.11. The van der Waals surface area contributed by atoms with E-state index in [0.29, 0.717) is 11.3 Å². The smallest absolute Gasteiger partial charge is 0.257 e. The molecule has 1 aliphatic heterocycles. The second-order valence-electron chi connectivity index (χ2n) is 5.52. The van der Waals surface area contributed by atoms with Crippen LogP contribution in [0.3, 0.4) is 0 Å². The lowest BCUT2D eigenvalue weighted by Gasteiger charge is -2.40. The molecule has 0 atom stereocenters. The molecule has 3 amide bonds. The van der Waals surface area contributed by atoms with Crippen molar-refractivity contribution in [1.29, 1.82) is 0 Å². The molecule has 0 aliphatic carbocycles. The molecule has 1 aliphatic rings. The minimum absolute atomic E-state index is 0.171. The Labute approximate surface area is 122 Å². The van der Waals surface area contributed by atoms with E-state index < -0.39 is 23.3 Å². The van der Waals surface area contributed by atoms with Crippen molar-refractivity contribution in [3.63, 3.8) is 0 Å². The number of aryl methyl sites for hydroxylation is 1. The highest BCUT2D eigenvalue weighted by Gasteiger charge is 2.44. The number of carbonyl (C=O) groups is 3. The van der Waals surface area contributed by atoms with Crippen LogP contribution in [-0.4, -0.2) is 34.7 Å². The Hall–Kier alpha value is -2.41. The number of hydrazine groups is 1. The van der Waals surface area contributed by atoms with Gasteiger partial charge in [-0.2, -0.15) is 0 Å². The lowest BCUT2D eigenvalue weighted by Crippen LogP contribution is -2.65. The Morgan fingerprint density at radius 1 is 1.38 bits per heavy atom. The third kappa shape index (κ3) is 2.59. The first kappa shape index (κ1) is 15.0. The zero-order valence-corrected chi connectivity index (χ0v) is 12.2. The standard InChI is InChI=1S/C14H18N4O3/c1-8-4-5-9(10(6-8)17-15)12(20)18-7-11(19)16-13(21)14(18,2)3/h4-6,17H,7,15H2,1-3H3,(H,16,19,21). The van der Waals surface area contributed by atoms with Crippen LogP contribution in [0.15, 0.2) is 18.2 Å². The molecule has 0 bridgehead atoms. The van der Waals surface area contributed by atoms with Gasteiger partial charge in [-0.25, -0.2) is 0 Å². The van der Waals surface area contributed by atoms with Gasteiger partial charge in [0, 0.05) is 0 Å². The van der Waals surface area contributed by atoms with Crippen molar-refractivity contribution < 1.29 is 14.4 Å². The van der Waals surface area contributed by atoms with Crippen molar-refractivity contribution in [3.8, 4) is 0 Å². The molecule has 21 heavy (non-hydrogen) atoms. The van der Waals surface area contributed by atoms with Crippen LogP contribution < -0.4 is 16.6 Å². The van der Waals surface area contributed by atoms with Crippen molar-refractivity contribution >= 4 is 23.4 Å². The molecule has 0 unspecified atom stereocenters. The van der Waals surface area contributed by atoms with Crippen LogP contribution in [0.5, 0.6) is 0 Å². The number of piperazine rings is 1. The van der Waals surface area contributed by atoms with E-state index in [9.17, 15) is 14.4 Å². The summed E-state index contributed by atoms with van der Waals surface area (Å²) in [6.45, 7) is 4.89. The average molecular weight is 290 g/mol. The largest absolute Gasteiger partial charge is 0.323 e. The summed E-state index contributed by atoms with van der Waals surface area (Å²) in [7, 11) is 0. The third-order valence-corrected chi connectivity index (χ3v) is 3.59. The summed E-state index contributed by atoms with van der Waals surface area (Å²) < 4.78 is 0. The van der Waals surface area contributed by atoms with Gasteiger partial charge >= 0.3 is 0 Å². The van der Waals surface area contributed by atoms with Gasteiger partial charge in [0.15, 0.2) is 0 Å². The lowest BCUT2D eigenvalue weighted by molar-refractivity contribution is -0.143. The molecule has 2 rings (SSSR count). The van der Waals surface area contributed by atoms with Gasteiger partial charge in [0.1, 0.15) is 12.1 Å². The maximum atomic E-state index is 12.7. The number of carbonyl (C=O) groups excluding carboxylic acids is 3. The predicted octanol–water partition coefficient (Wildman–Crippen LogP) is 0.158. The molecule has 1 saturated heterocycles. The van der Waals surface area contributed by atoms with Crippen molar-refractivity contribution in [2.75, 3.05) is 12.0 Å². The fourth-order valence-corrected chi connectivity index (χ4v) is 2.22. The van der Waals surface area contributed by atoms with Crippen molar-refractivity contribution in [1.82, 2.24) is 10.2 Å². The number of nitrogens with zero attached hydrogens (tertiary/aromatic N) is 1. The number of hydrogen-bond acceptors (Lipinski definition) is 5. The van der Waals surface area contributed by atoms with E-state index >= 15 is 0 Å². The minimum Gasteiger partial charge on any atom is -0.323 e. The molecule has 4 N–H and O–H groups in total. The van der Waals surface area contributed by atoms with Gasteiger partial charge in [-0.15, -0.1) is 0 Å². The lowest BCUT2D eigenvalue weighted by atomic mass is 9.96. The summed E-state index contributed by atoms with van der Waals surface area (Å²) in [6.07, 6.45) is 0. The number of nitrogen functional groups attached to an aromatic ring is 1. The number of amides is 3. The van der Waals surface area contributed by atoms with E-state index in [1.54, 1.807) is 32.0 Å². The molecule has 0 aromatic heterocycles. The molecule has 0 saturated carbocycles. The van der Waals surface area contributed by atoms with Gasteiger partial charge in [-0.3, -0.25) is 25.5 Å². The van der Waals surface area contributed by atoms with Crippen LogP contribution in [0, 0.1) is 6.92 Å². The summed E-state index contributed by atoms with van der Waals surface area (Å²) in [6, 6.07) is 5.12. The van der Waals surface area contributed by atoms with Gasteiger partial charge in [0.05, 0.1) is 11.3 Å². The number of benzene rings is 1. The predicted molar refractivity (Wildman–Crippen MR) is 77.3 cm³/mol. The highest BCUT2D eigenvalue weighted by Crippen LogP contribution is 2.25. The number of imide groups is 1. The van der Waals surface area contributed by atoms with Crippen molar-refractivity contribution in [3.05, 3.63) is 29.3 Å². The van der Waals surface area contributed by atoms with Gasteiger partial charge < -0.3 is 10.3 Å². The van der Waals surface area contributed by atoms with Crippen LogP contribution >= 0.6 is 0 Å². The summed E-state index contributed by atoms with van der Waals surface area (Å²) in [4.78, 5) is 37.4. The van der Waals surface area contributed by atoms with Gasteiger partial charge in [0.2, 0.25) is 5.91 Å². The Morgan fingerprint density at radius 3 is 2.67 bits per heavy atom. The van der Waals surface area contributed by atoms with Crippen LogP contribution in [0.1, 0.15) is 29.8 Å². The number of hydrogen-bond donors (Lipinski definition) is 3. The van der Waals surface area contributed by atoms with Gasteiger partial charge in [0.25, 0.3) is 11.8 Å². The first-order valence-corrected chi connectivity index (χ1v) is 6.51. The molecule has 0 radical (unpaired) electrons. The molecular formula is C14H18N4O3. The third-order valence-electron chi connectivity index (χ3n) is 3.59. The maximum Gasteiger partial charge on any atom is 0.257 e.